The van der Waals surface area contributed by atoms with Gasteiger partial charge in [0, 0.05) is 18.6 Å². The molecule has 2 fully saturated rings. The van der Waals surface area contributed by atoms with Crippen LogP contribution in [-0.4, -0.2) is 45.1 Å². The Morgan fingerprint density at radius 1 is 1.21 bits per heavy atom. The Balaban J connectivity index is 1.66. The molecule has 0 aromatic carbocycles. The Hall–Kier alpha value is -0.130. The first-order valence-corrected chi connectivity index (χ1v) is 9.54. The quantitative estimate of drug-likeness (QED) is 0.766. The minimum absolute atomic E-state index is 0.149. The van der Waals surface area contributed by atoms with Crippen LogP contribution >= 0.6 is 0 Å². The van der Waals surface area contributed by atoms with E-state index in [0.717, 1.165) is 18.9 Å². The predicted octanol–water partition coefficient (Wildman–Crippen LogP) is 1.32. The largest absolute Gasteiger partial charge is 0.314 e. The second-order valence-electron chi connectivity index (χ2n) is 6.32. The summed E-state index contributed by atoms with van der Waals surface area (Å²) in [7, 11) is -2.79. The fourth-order valence-electron chi connectivity index (χ4n) is 3.21. The Labute approximate surface area is 117 Å². The molecule has 112 valence electrons. The molecule has 0 aromatic rings. The zero-order valence-corrected chi connectivity index (χ0v) is 12.8. The van der Waals surface area contributed by atoms with E-state index < -0.39 is 9.84 Å². The fraction of sp³-hybridized carbons (Fsp3) is 1.00. The van der Waals surface area contributed by atoms with E-state index in [1.807, 2.05) is 0 Å². The summed E-state index contributed by atoms with van der Waals surface area (Å²) in [6, 6.07) is 0.793. The molecule has 0 bridgehead atoms. The van der Waals surface area contributed by atoms with Crippen molar-refractivity contribution in [2.24, 2.45) is 5.92 Å². The van der Waals surface area contributed by atoms with Crippen molar-refractivity contribution < 1.29 is 8.42 Å². The highest BCUT2D eigenvalue weighted by atomic mass is 32.2. The first-order valence-electron chi connectivity index (χ1n) is 7.72. The van der Waals surface area contributed by atoms with Crippen LogP contribution in [0.3, 0.4) is 0 Å². The zero-order valence-electron chi connectivity index (χ0n) is 12.0. The van der Waals surface area contributed by atoms with Gasteiger partial charge in [0.05, 0.1) is 11.5 Å². The molecule has 19 heavy (non-hydrogen) atoms. The fourth-order valence-corrected chi connectivity index (χ4v) is 4.70. The summed E-state index contributed by atoms with van der Waals surface area (Å²) in [5.74, 6) is 1.49. The van der Waals surface area contributed by atoms with Crippen molar-refractivity contribution in [3.05, 3.63) is 0 Å². The zero-order chi connectivity index (χ0) is 13.7. The van der Waals surface area contributed by atoms with Crippen LogP contribution in [0.1, 0.15) is 45.4 Å². The molecular weight excluding hydrogens is 260 g/mol. The van der Waals surface area contributed by atoms with E-state index in [-0.39, 0.29) is 6.04 Å². The molecule has 1 aliphatic carbocycles. The van der Waals surface area contributed by atoms with Crippen molar-refractivity contribution in [2.45, 2.75) is 57.5 Å². The first-order chi connectivity index (χ1) is 9.05. The SMILES string of the molecule is CC1CCCC(NCCC2CS(=O)(=O)CCN2)CC1. The lowest BCUT2D eigenvalue weighted by Gasteiger charge is -2.25. The van der Waals surface area contributed by atoms with E-state index in [9.17, 15) is 8.42 Å². The summed E-state index contributed by atoms with van der Waals surface area (Å²) in [5, 5.41) is 6.93. The van der Waals surface area contributed by atoms with Gasteiger partial charge >= 0.3 is 0 Å². The Morgan fingerprint density at radius 2 is 2.05 bits per heavy atom. The van der Waals surface area contributed by atoms with Crippen LogP contribution in [0.2, 0.25) is 0 Å². The van der Waals surface area contributed by atoms with Crippen LogP contribution in [0.5, 0.6) is 0 Å². The van der Waals surface area contributed by atoms with Gasteiger partial charge in [0.15, 0.2) is 9.84 Å². The highest BCUT2D eigenvalue weighted by Crippen LogP contribution is 2.22. The Morgan fingerprint density at radius 3 is 2.84 bits per heavy atom. The number of hydrogen-bond donors (Lipinski definition) is 2. The van der Waals surface area contributed by atoms with Crippen molar-refractivity contribution in [3.8, 4) is 0 Å². The number of sulfone groups is 1. The molecule has 0 radical (unpaired) electrons. The van der Waals surface area contributed by atoms with E-state index in [4.69, 9.17) is 0 Å². The maximum Gasteiger partial charge on any atom is 0.153 e. The molecule has 1 saturated heterocycles. The van der Waals surface area contributed by atoms with Gasteiger partial charge in [0.25, 0.3) is 0 Å². The van der Waals surface area contributed by atoms with E-state index in [1.165, 1.54) is 32.1 Å². The Bertz CT molecular complexity index is 370. The van der Waals surface area contributed by atoms with Crippen LogP contribution < -0.4 is 10.6 Å². The molecule has 2 rings (SSSR count). The molecule has 2 N–H and O–H groups in total. The van der Waals surface area contributed by atoms with Crippen LogP contribution in [-0.2, 0) is 9.84 Å². The number of rotatable bonds is 4. The van der Waals surface area contributed by atoms with Gasteiger partial charge in [0.1, 0.15) is 0 Å². The summed E-state index contributed by atoms with van der Waals surface area (Å²) in [4.78, 5) is 0. The molecule has 0 amide bonds. The maximum atomic E-state index is 11.5. The van der Waals surface area contributed by atoms with Gasteiger partial charge in [-0.3, -0.25) is 0 Å². The van der Waals surface area contributed by atoms with Crippen LogP contribution in [0, 0.1) is 5.92 Å². The van der Waals surface area contributed by atoms with Crippen molar-refractivity contribution >= 4 is 9.84 Å². The Kier molecular flexibility index (Phi) is 5.66. The molecule has 0 aromatic heterocycles. The summed E-state index contributed by atoms with van der Waals surface area (Å²) in [6.45, 7) is 3.90. The maximum absolute atomic E-state index is 11.5. The van der Waals surface area contributed by atoms with Gasteiger partial charge < -0.3 is 10.6 Å². The third-order valence-corrected chi connectivity index (χ3v) is 6.22. The smallest absolute Gasteiger partial charge is 0.153 e. The summed E-state index contributed by atoms with van der Waals surface area (Å²) >= 11 is 0. The molecule has 3 unspecified atom stereocenters. The molecule has 5 heteroatoms. The van der Waals surface area contributed by atoms with Gasteiger partial charge in [-0.05, 0) is 38.1 Å². The molecule has 2 aliphatic rings. The van der Waals surface area contributed by atoms with Crippen molar-refractivity contribution in [2.75, 3.05) is 24.6 Å². The molecule has 3 atom stereocenters. The van der Waals surface area contributed by atoms with Gasteiger partial charge in [-0.25, -0.2) is 8.42 Å². The van der Waals surface area contributed by atoms with E-state index in [0.29, 0.717) is 24.1 Å². The lowest BCUT2D eigenvalue weighted by atomic mass is 10.0. The first kappa shape index (κ1) is 15.3. The molecule has 1 saturated carbocycles. The number of nitrogens with one attached hydrogen (secondary N) is 2. The molecule has 1 aliphatic heterocycles. The minimum Gasteiger partial charge on any atom is -0.314 e. The van der Waals surface area contributed by atoms with E-state index >= 15 is 0 Å². The van der Waals surface area contributed by atoms with Crippen molar-refractivity contribution in [1.29, 1.82) is 0 Å². The van der Waals surface area contributed by atoms with Gasteiger partial charge in [0.2, 0.25) is 0 Å². The summed E-state index contributed by atoms with van der Waals surface area (Å²) in [6.07, 6.45) is 7.49. The predicted molar refractivity (Wildman–Crippen MR) is 79.1 cm³/mol. The van der Waals surface area contributed by atoms with E-state index in [1.54, 1.807) is 0 Å². The lowest BCUT2D eigenvalue weighted by molar-refractivity contribution is 0.418. The topological polar surface area (TPSA) is 58.2 Å². The van der Waals surface area contributed by atoms with Gasteiger partial charge in [-0.1, -0.05) is 19.8 Å². The standard InChI is InChI=1S/C14H28N2O2S/c1-12-3-2-4-13(6-5-12)15-8-7-14-11-19(17,18)10-9-16-14/h12-16H,2-11H2,1H3. The van der Waals surface area contributed by atoms with E-state index in [2.05, 4.69) is 17.6 Å². The van der Waals surface area contributed by atoms with Crippen molar-refractivity contribution in [1.82, 2.24) is 10.6 Å². The summed E-state index contributed by atoms with van der Waals surface area (Å²) < 4.78 is 23.1. The average molecular weight is 288 g/mol. The lowest BCUT2D eigenvalue weighted by Crippen LogP contribution is -2.46. The third-order valence-electron chi connectivity index (χ3n) is 4.48. The molecule has 0 spiro atoms. The van der Waals surface area contributed by atoms with Crippen molar-refractivity contribution in [3.63, 3.8) is 0 Å². The third kappa shape index (κ3) is 5.40. The van der Waals surface area contributed by atoms with Crippen LogP contribution in [0.25, 0.3) is 0 Å². The highest BCUT2D eigenvalue weighted by molar-refractivity contribution is 7.91. The molecule has 1 heterocycles. The highest BCUT2D eigenvalue weighted by Gasteiger charge is 2.24. The molecule has 4 nitrogen and oxygen atoms in total. The normalized spacial score (nSPS) is 35.7. The monoisotopic (exact) mass is 288 g/mol. The van der Waals surface area contributed by atoms with Crippen LogP contribution in [0.15, 0.2) is 0 Å². The second kappa shape index (κ2) is 7.04. The van der Waals surface area contributed by atoms with Gasteiger partial charge in [-0.15, -0.1) is 0 Å². The number of hydrogen-bond acceptors (Lipinski definition) is 4. The average Bonchev–Trinajstić information content (AvgIpc) is 2.53. The minimum atomic E-state index is -2.79. The van der Waals surface area contributed by atoms with Gasteiger partial charge in [-0.2, -0.15) is 0 Å². The second-order valence-corrected chi connectivity index (χ2v) is 8.55. The van der Waals surface area contributed by atoms with Crippen LogP contribution in [0.4, 0.5) is 0 Å². The summed E-state index contributed by atoms with van der Waals surface area (Å²) in [5.41, 5.74) is 0. The molecular formula is C14H28N2O2S.